The van der Waals surface area contributed by atoms with Crippen molar-refractivity contribution in [1.82, 2.24) is 4.98 Å². The first kappa shape index (κ1) is 13.7. The number of halogens is 1. The van der Waals surface area contributed by atoms with Gasteiger partial charge in [-0.3, -0.25) is 4.79 Å². The number of hydrogen-bond acceptors (Lipinski definition) is 1. The summed E-state index contributed by atoms with van der Waals surface area (Å²) in [5.41, 5.74) is 3.51. The molecule has 0 saturated heterocycles. The predicted octanol–water partition coefficient (Wildman–Crippen LogP) is 4.64. The largest absolute Gasteiger partial charge is 0.360 e. The molecule has 0 bridgehead atoms. The van der Waals surface area contributed by atoms with Crippen molar-refractivity contribution in [2.24, 2.45) is 0 Å². The highest BCUT2D eigenvalue weighted by Gasteiger charge is 2.12. The molecule has 1 aromatic heterocycles. The van der Waals surface area contributed by atoms with E-state index in [0.717, 1.165) is 23.0 Å². The molecule has 1 heterocycles. The third-order valence-electron chi connectivity index (χ3n) is 3.51. The summed E-state index contributed by atoms with van der Waals surface area (Å²) >= 11 is 5.95. The number of anilines is 1. The van der Waals surface area contributed by atoms with Gasteiger partial charge in [-0.1, -0.05) is 36.7 Å². The van der Waals surface area contributed by atoms with Crippen LogP contribution in [0.4, 0.5) is 5.69 Å². The highest BCUT2D eigenvalue weighted by Crippen LogP contribution is 2.23. The van der Waals surface area contributed by atoms with Crippen molar-refractivity contribution in [3.63, 3.8) is 0 Å². The normalized spacial score (nSPS) is 10.8. The predicted molar refractivity (Wildman–Crippen MR) is 87.1 cm³/mol. The molecule has 2 aromatic carbocycles. The van der Waals surface area contributed by atoms with Gasteiger partial charge >= 0.3 is 0 Å². The van der Waals surface area contributed by atoms with Gasteiger partial charge in [0.1, 0.15) is 0 Å². The van der Waals surface area contributed by atoms with Crippen LogP contribution in [0.25, 0.3) is 10.9 Å². The zero-order valence-corrected chi connectivity index (χ0v) is 12.4. The number of aromatic nitrogens is 1. The molecule has 0 fully saturated rings. The number of carbonyl (C=O) groups excluding carboxylic acids is 1. The Morgan fingerprint density at radius 2 is 1.95 bits per heavy atom. The van der Waals surface area contributed by atoms with Gasteiger partial charge in [0.05, 0.1) is 5.56 Å². The van der Waals surface area contributed by atoms with Crippen LogP contribution in [-0.4, -0.2) is 10.9 Å². The van der Waals surface area contributed by atoms with Gasteiger partial charge in [-0.05, 0) is 36.2 Å². The lowest BCUT2D eigenvalue weighted by atomic mass is 10.1. The number of hydrogen-bond donors (Lipinski definition) is 2. The summed E-state index contributed by atoms with van der Waals surface area (Å²) in [6, 6.07) is 13.3. The van der Waals surface area contributed by atoms with Crippen molar-refractivity contribution in [2.45, 2.75) is 13.3 Å². The van der Waals surface area contributed by atoms with E-state index in [2.05, 4.69) is 17.2 Å². The fourth-order valence-corrected chi connectivity index (χ4v) is 2.48. The highest BCUT2D eigenvalue weighted by atomic mass is 35.5. The van der Waals surface area contributed by atoms with Crippen LogP contribution in [0.2, 0.25) is 5.02 Å². The van der Waals surface area contributed by atoms with Crippen LogP contribution in [0.5, 0.6) is 0 Å². The fourth-order valence-electron chi connectivity index (χ4n) is 2.31. The van der Waals surface area contributed by atoms with E-state index in [9.17, 15) is 4.79 Å². The van der Waals surface area contributed by atoms with E-state index < -0.39 is 0 Å². The SMILES string of the molecule is CCc1ccc(NC(=O)c2c[nH]c3cc(Cl)ccc23)cc1. The van der Waals surface area contributed by atoms with E-state index in [1.165, 1.54) is 5.56 Å². The zero-order valence-electron chi connectivity index (χ0n) is 11.6. The van der Waals surface area contributed by atoms with E-state index in [1.54, 1.807) is 12.3 Å². The van der Waals surface area contributed by atoms with Gasteiger partial charge in [-0.25, -0.2) is 0 Å². The van der Waals surface area contributed by atoms with E-state index >= 15 is 0 Å². The number of aryl methyl sites for hydroxylation is 1. The molecular formula is C17H15ClN2O. The molecule has 3 aromatic rings. The van der Waals surface area contributed by atoms with Crippen molar-refractivity contribution < 1.29 is 4.79 Å². The smallest absolute Gasteiger partial charge is 0.257 e. The lowest BCUT2D eigenvalue weighted by Crippen LogP contribution is -2.11. The van der Waals surface area contributed by atoms with Gasteiger partial charge in [0.15, 0.2) is 0 Å². The lowest BCUT2D eigenvalue weighted by Gasteiger charge is -2.05. The van der Waals surface area contributed by atoms with Gasteiger partial charge in [0, 0.05) is 27.8 Å². The van der Waals surface area contributed by atoms with Crippen LogP contribution >= 0.6 is 11.6 Å². The summed E-state index contributed by atoms with van der Waals surface area (Å²) in [7, 11) is 0. The number of fused-ring (bicyclic) bond motifs is 1. The van der Waals surface area contributed by atoms with Crippen molar-refractivity contribution in [3.05, 3.63) is 64.8 Å². The summed E-state index contributed by atoms with van der Waals surface area (Å²) in [6.07, 6.45) is 2.69. The van der Waals surface area contributed by atoms with E-state index in [1.807, 2.05) is 36.4 Å². The minimum atomic E-state index is -0.132. The Bertz CT molecular complexity index is 790. The second-order valence-corrected chi connectivity index (χ2v) is 5.33. The number of rotatable bonds is 3. The van der Waals surface area contributed by atoms with Crippen LogP contribution in [0.3, 0.4) is 0 Å². The Hall–Kier alpha value is -2.26. The molecule has 21 heavy (non-hydrogen) atoms. The first-order valence-electron chi connectivity index (χ1n) is 6.84. The van der Waals surface area contributed by atoms with Crippen LogP contribution in [0, 0.1) is 0 Å². The Labute approximate surface area is 127 Å². The Kier molecular flexibility index (Phi) is 3.67. The third-order valence-corrected chi connectivity index (χ3v) is 3.74. The Balaban J connectivity index is 1.86. The van der Waals surface area contributed by atoms with Crippen LogP contribution in [0.15, 0.2) is 48.7 Å². The van der Waals surface area contributed by atoms with Gasteiger partial charge < -0.3 is 10.3 Å². The number of H-pyrrole nitrogens is 1. The summed E-state index contributed by atoms with van der Waals surface area (Å²) in [4.78, 5) is 15.4. The average molecular weight is 299 g/mol. The summed E-state index contributed by atoms with van der Waals surface area (Å²) in [5.74, 6) is -0.132. The molecule has 0 aliphatic rings. The molecular weight excluding hydrogens is 284 g/mol. The second-order valence-electron chi connectivity index (χ2n) is 4.90. The molecule has 0 aliphatic heterocycles. The second kappa shape index (κ2) is 5.62. The molecule has 0 radical (unpaired) electrons. The zero-order chi connectivity index (χ0) is 14.8. The summed E-state index contributed by atoms with van der Waals surface area (Å²) in [6.45, 7) is 2.10. The number of carbonyl (C=O) groups is 1. The lowest BCUT2D eigenvalue weighted by molar-refractivity contribution is 0.102. The van der Waals surface area contributed by atoms with Crippen LogP contribution < -0.4 is 5.32 Å². The number of benzene rings is 2. The molecule has 0 saturated carbocycles. The monoisotopic (exact) mass is 298 g/mol. The Morgan fingerprint density at radius 3 is 2.67 bits per heavy atom. The quantitative estimate of drug-likeness (QED) is 0.727. The minimum Gasteiger partial charge on any atom is -0.360 e. The van der Waals surface area contributed by atoms with Gasteiger partial charge in [-0.15, -0.1) is 0 Å². The Morgan fingerprint density at radius 1 is 1.19 bits per heavy atom. The standard InChI is InChI=1S/C17H15ClN2O/c1-2-11-3-6-13(7-4-11)20-17(21)15-10-19-16-9-12(18)5-8-14(15)16/h3-10,19H,2H2,1H3,(H,20,21). The maximum atomic E-state index is 12.4. The van der Waals surface area contributed by atoms with Gasteiger partial charge in [-0.2, -0.15) is 0 Å². The van der Waals surface area contributed by atoms with Crippen molar-refractivity contribution in [1.29, 1.82) is 0 Å². The maximum Gasteiger partial charge on any atom is 0.257 e. The maximum absolute atomic E-state index is 12.4. The summed E-state index contributed by atoms with van der Waals surface area (Å²) < 4.78 is 0. The van der Waals surface area contributed by atoms with Crippen molar-refractivity contribution in [3.8, 4) is 0 Å². The molecule has 4 heteroatoms. The third kappa shape index (κ3) is 2.78. The molecule has 2 N–H and O–H groups in total. The minimum absolute atomic E-state index is 0.132. The van der Waals surface area contributed by atoms with Crippen LogP contribution in [-0.2, 0) is 6.42 Å². The average Bonchev–Trinajstić information content (AvgIpc) is 2.91. The number of nitrogens with one attached hydrogen (secondary N) is 2. The number of amides is 1. The summed E-state index contributed by atoms with van der Waals surface area (Å²) in [5, 5.41) is 4.42. The highest BCUT2D eigenvalue weighted by molar-refractivity contribution is 6.31. The molecule has 3 rings (SSSR count). The molecule has 1 amide bonds. The van der Waals surface area contributed by atoms with E-state index in [0.29, 0.717) is 10.6 Å². The topological polar surface area (TPSA) is 44.9 Å². The van der Waals surface area contributed by atoms with Gasteiger partial charge in [0.2, 0.25) is 0 Å². The van der Waals surface area contributed by atoms with Gasteiger partial charge in [0.25, 0.3) is 5.91 Å². The first-order chi connectivity index (χ1) is 10.2. The molecule has 0 spiro atoms. The fraction of sp³-hybridized carbons (Fsp3) is 0.118. The number of aromatic amines is 1. The molecule has 106 valence electrons. The van der Waals surface area contributed by atoms with Crippen LogP contribution in [0.1, 0.15) is 22.8 Å². The molecule has 0 aliphatic carbocycles. The van der Waals surface area contributed by atoms with E-state index in [4.69, 9.17) is 11.6 Å². The molecule has 3 nitrogen and oxygen atoms in total. The van der Waals surface area contributed by atoms with Crippen molar-refractivity contribution >= 4 is 34.1 Å². The first-order valence-corrected chi connectivity index (χ1v) is 7.22. The van der Waals surface area contributed by atoms with E-state index in [-0.39, 0.29) is 5.91 Å². The molecule has 0 atom stereocenters. The molecule has 0 unspecified atom stereocenters. The van der Waals surface area contributed by atoms with Crippen molar-refractivity contribution in [2.75, 3.05) is 5.32 Å².